The zero-order valence-corrected chi connectivity index (χ0v) is 14.1. The van der Waals surface area contributed by atoms with Crippen LogP contribution < -0.4 is 5.32 Å². The molecule has 1 atom stereocenters. The van der Waals surface area contributed by atoms with Gasteiger partial charge in [-0.1, -0.05) is 0 Å². The Morgan fingerprint density at radius 1 is 1.39 bits per heavy atom. The minimum atomic E-state index is -0.544. The van der Waals surface area contributed by atoms with Crippen LogP contribution in [-0.2, 0) is 4.79 Å². The molecule has 1 unspecified atom stereocenters. The van der Waals surface area contributed by atoms with Crippen LogP contribution in [0.1, 0.15) is 17.3 Å². The van der Waals surface area contributed by atoms with Crippen LogP contribution in [0.25, 0.3) is 0 Å². The van der Waals surface area contributed by atoms with Crippen LogP contribution >= 0.6 is 38.5 Å². The van der Waals surface area contributed by atoms with Crippen LogP contribution in [0, 0.1) is 3.57 Å². The Kier molecular flexibility index (Phi) is 5.58. The van der Waals surface area contributed by atoms with E-state index in [4.69, 9.17) is 0 Å². The summed E-state index contributed by atoms with van der Waals surface area (Å²) in [5.74, 6) is -0.395. The Bertz CT molecular complexity index is 477. The van der Waals surface area contributed by atoms with E-state index in [9.17, 15) is 9.59 Å². The lowest BCUT2D eigenvalue weighted by Crippen LogP contribution is -2.44. The van der Waals surface area contributed by atoms with Gasteiger partial charge in [-0.3, -0.25) is 9.59 Å². The number of likely N-dealkylation sites (N-methyl/N-ethyl adjacent to an activating group) is 1. The number of nitrogens with zero attached hydrogens (tertiary/aromatic N) is 1. The summed E-state index contributed by atoms with van der Waals surface area (Å²) in [5, 5.41) is 2.68. The zero-order chi connectivity index (χ0) is 13.9. The molecule has 0 bridgehead atoms. The average molecular weight is 425 g/mol. The molecule has 2 amide bonds. The fourth-order valence-corrected chi connectivity index (χ4v) is 2.31. The summed E-state index contributed by atoms with van der Waals surface area (Å²) in [6.45, 7) is 1.67. The SMILES string of the molecule is CC(NC(=O)c1cc(I)ccc1Br)C(=O)N(C)C. The van der Waals surface area contributed by atoms with Gasteiger partial charge in [-0.05, 0) is 63.6 Å². The van der Waals surface area contributed by atoms with Gasteiger partial charge in [0.2, 0.25) is 5.91 Å². The lowest BCUT2D eigenvalue weighted by molar-refractivity contribution is -0.130. The van der Waals surface area contributed by atoms with Crippen molar-refractivity contribution in [2.45, 2.75) is 13.0 Å². The summed E-state index contributed by atoms with van der Waals surface area (Å²) >= 11 is 5.46. The van der Waals surface area contributed by atoms with Crippen molar-refractivity contribution in [3.05, 3.63) is 31.8 Å². The summed E-state index contributed by atoms with van der Waals surface area (Å²) in [5.41, 5.74) is 0.528. The van der Waals surface area contributed by atoms with E-state index in [1.807, 2.05) is 12.1 Å². The molecule has 1 aromatic rings. The summed E-state index contributed by atoms with van der Waals surface area (Å²) in [4.78, 5) is 25.2. The third-order valence-electron chi connectivity index (χ3n) is 2.33. The molecule has 4 nitrogen and oxygen atoms in total. The molecule has 0 aliphatic heterocycles. The lowest BCUT2D eigenvalue weighted by Gasteiger charge is -2.18. The number of hydrogen-bond donors (Lipinski definition) is 1. The molecule has 0 spiro atoms. The number of carbonyl (C=O) groups is 2. The van der Waals surface area contributed by atoms with E-state index in [1.165, 1.54) is 4.90 Å². The molecule has 18 heavy (non-hydrogen) atoms. The monoisotopic (exact) mass is 424 g/mol. The summed E-state index contributed by atoms with van der Waals surface area (Å²) in [6, 6.07) is 4.94. The highest BCUT2D eigenvalue weighted by Gasteiger charge is 2.19. The van der Waals surface area contributed by atoms with E-state index in [0.29, 0.717) is 10.0 Å². The van der Waals surface area contributed by atoms with Gasteiger partial charge in [-0.25, -0.2) is 0 Å². The first-order valence-corrected chi connectivity index (χ1v) is 7.17. The topological polar surface area (TPSA) is 49.4 Å². The third-order valence-corrected chi connectivity index (χ3v) is 3.69. The highest BCUT2D eigenvalue weighted by atomic mass is 127. The van der Waals surface area contributed by atoms with Gasteiger partial charge in [0, 0.05) is 22.1 Å². The molecule has 1 aromatic carbocycles. The normalized spacial score (nSPS) is 11.8. The largest absolute Gasteiger partial charge is 0.347 e. The van der Waals surface area contributed by atoms with Gasteiger partial charge in [0.05, 0.1) is 5.56 Å². The van der Waals surface area contributed by atoms with Crippen LogP contribution in [0.2, 0.25) is 0 Å². The summed E-state index contributed by atoms with van der Waals surface area (Å²) in [6.07, 6.45) is 0. The number of hydrogen-bond acceptors (Lipinski definition) is 2. The second-order valence-corrected chi connectivity index (χ2v) is 6.15. The van der Waals surface area contributed by atoms with Gasteiger partial charge in [0.15, 0.2) is 0 Å². The predicted molar refractivity (Wildman–Crippen MR) is 82.5 cm³/mol. The van der Waals surface area contributed by atoms with Crippen LogP contribution in [0.5, 0.6) is 0 Å². The smallest absolute Gasteiger partial charge is 0.253 e. The number of nitrogens with one attached hydrogen (secondary N) is 1. The summed E-state index contributed by atoms with van der Waals surface area (Å²) < 4.78 is 1.68. The molecule has 1 N–H and O–H groups in total. The predicted octanol–water partition coefficient (Wildman–Crippen LogP) is 2.26. The molecule has 0 heterocycles. The zero-order valence-electron chi connectivity index (χ0n) is 10.3. The van der Waals surface area contributed by atoms with Gasteiger partial charge in [0.25, 0.3) is 5.91 Å². The maximum atomic E-state index is 12.0. The van der Waals surface area contributed by atoms with Crippen molar-refractivity contribution in [1.82, 2.24) is 10.2 Å². The Labute approximate surface area is 128 Å². The molecule has 0 aliphatic carbocycles. The van der Waals surface area contributed by atoms with E-state index in [-0.39, 0.29) is 11.8 Å². The first-order chi connectivity index (χ1) is 8.32. The number of rotatable bonds is 3. The Balaban J connectivity index is 2.83. The van der Waals surface area contributed by atoms with E-state index < -0.39 is 6.04 Å². The molecule has 0 fully saturated rings. The maximum Gasteiger partial charge on any atom is 0.253 e. The summed E-state index contributed by atoms with van der Waals surface area (Å²) in [7, 11) is 3.32. The number of benzene rings is 1. The van der Waals surface area contributed by atoms with Crippen molar-refractivity contribution in [2.24, 2.45) is 0 Å². The van der Waals surface area contributed by atoms with Crippen LogP contribution in [-0.4, -0.2) is 36.9 Å². The van der Waals surface area contributed by atoms with Crippen molar-refractivity contribution in [1.29, 1.82) is 0 Å². The van der Waals surface area contributed by atoms with Crippen LogP contribution in [0.4, 0.5) is 0 Å². The quantitative estimate of drug-likeness (QED) is 0.756. The molecule has 98 valence electrons. The van der Waals surface area contributed by atoms with E-state index >= 15 is 0 Å². The molecule has 1 rings (SSSR count). The molecule has 0 radical (unpaired) electrons. The highest BCUT2D eigenvalue weighted by Crippen LogP contribution is 2.19. The van der Waals surface area contributed by atoms with Gasteiger partial charge >= 0.3 is 0 Å². The molecule has 0 saturated carbocycles. The van der Waals surface area contributed by atoms with Crippen molar-refractivity contribution < 1.29 is 9.59 Å². The average Bonchev–Trinajstić information content (AvgIpc) is 2.30. The Morgan fingerprint density at radius 2 is 2.00 bits per heavy atom. The number of carbonyl (C=O) groups excluding carboxylic acids is 2. The third kappa shape index (κ3) is 3.94. The van der Waals surface area contributed by atoms with E-state index in [0.717, 1.165) is 3.57 Å². The molecule has 0 aromatic heterocycles. The van der Waals surface area contributed by atoms with Gasteiger partial charge in [0.1, 0.15) is 6.04 Å². The standard InChI is InChI=1S/C12H14BrIN2O2/c1-7(12(18)16(2)3)15-11(17)9-6-8(14)4-5-10(9)13/h4-7H,1-3H3,(H,15,17). The molecule has 0 aliphatic rings. The first-order valence-electron chi connectivity index (χ1n) is 5.30. The van der Waals surface area contributed by atoms with Gasteiger partial charge < -0.3 is 10.2 Å². The minimum Gasteiger partial charge on any atom is -0.347 e. The first kappa shape index (κ1) is 15.4. The Morgan fingerprint density at radius 3 is 2.56 bits per heavy atom. The van der Waals surface area contributed by atoms with Crippen LogP contribution in [0.15, 0.2) is 22.7 Å². The van der Waals surface area contributed by atoms with Crippen molar-refractivity contribution in [3.8, 4) is 0 Å². The second-order valence-electron chi connectivity index (χ2n) is 4.05. The van der Waals surface area contributed by atoms with Gasteiger partial charge in [-0.15, -0.1) is 0 Å². The lowest BCUT2D eigenvalue weighted by atomic mass is 10.2. The van der Waals surface area contributed by atoms with Crippen molar-refractivity contribution in [2.75, 3.05) is 14.1 Å². The fourth-order valence-electron chi connectivity index (χ4n) is 1.39. The van der Waals surface area contributed by atoms with Crippen molar-refractivity contribution >= 4 is 50.3 Å². The van der Waals surface area contributed by atoms with E-state index in [1.54, 1.807) is 27.1 Å². The number of amides is 2. The van der Waals surface area contributed by atoms with Gasteiger partial charge in [-0.2, -0.15) is 0 Å². The highest BCUT2D eigenvalue weighted by molar-refractivity contribution is 14.1. The van der Waals surface area contributed by atoms with E-state index in [2.05, 4.69) is 43.8 Å². The molecular weight excluding hydrogens is 411 g/mol. The second kappa shape index (κ2) is 6.51. The molecular formula is C12H14BrIN2O2. The maximum absolute atomic E-state index is 12.0. The van der Waals surface area contributed by atoms with Crippen molar-refractivity contribution in [3.63, 3.8) is 0 Å². The minimum absolute atomic E-state index is 0.134. The fraction of sp³-hybridized carbons (Fsp3) is 0.333. The number of halogens is 2. The molecule has 6 heteroatoms. The van der Waals surface area contributed by atoms with Crippen LogP contribution in [0.3, 0.4) is 0 Å². The Hall–Kier alpha value is -0.630. The molecule has 0 saturated heterocycles.